The van der Waals surface area contributed by atoms with Crippen molar-refractivity contribution in [2.24, 2.45) is 5.14 Å². The first-order valence-corrected chi connectivity index (χ1v) is 12.0. The molecule has 2 aliphatic heterocycles. The van der Waals surface area contributed by atoms with Gasteiger partial charge in [0.25, 0.3) is 0 Å². The maximum absolute atomic E-state index is 15.0. The van der Waals surface area contributed by atoms with Gasteiger partial charge in [-0.2, -0.15) is 0 Å². The van der Waals surface area contributed by atoms with Crippen LogP contribution in [0.3, 0.4) is 0 Å². The number of aromatic nitrogens is 3. The second-order valence-electron chi connectivity index (χ2n) is 8.45. The van der Waals surface area contributed by atoms with Crippen LogP contribution in [0.5, 0.6) is 0 Å². The molecule has 2 atom stereocenters. The monoisotopic (exact) mass is 457 g/mol. The molecule has 2 aromatic carbocycles. The lowest BCUT2D eigenvalue weighted by atomic mass is 10.1. The third kappa shape index (κ3) is 4.18. The number of halogens is 1. The van der Waals surface area contributed by atoms with Gasteiger partial charge in [-0.3, -0.25) is 4.90 Å². The number of aryl methyl sites for hydroxylation is 1. The Kier molecular flexibility index (Phi) is 5.32. The van der Waals surface area contributed by atoms with Crippen LogP contribution in [-0.4, -0.2) is 53.4 Å². The number of ether oxygens (including phenoxy) is 1. The van der Waals surface area contributed by atoms with Crippen LogP contribution in [0.15, 0.2) is 47.4 Å². The van der Waals surface area contributed by atoms with Crippen LogP contribution in [0, 0.1) is 12.7 Å². The van der Waals surface area contributed by atoms with Crippen molar-refractivity contribution in [2.45, 2.75) is 43.4 Å². The summed E-state index contributed by atoms with van der Waals surface area (Å²) < 4.78 is 45.3. The molecule has 2 aliphatic rings. The molecule has 0 amide bonds. The Morgan fingerprint density at radius 2 is 2.09 bits per heavy atom. The largest absolute Gasteiger partial charge is 0.375 e. The summed E-state index contributed by atoms with van der Waals surface area (Å²) in [6.07, 6.45) is 1.73. The van der Waals surface area contributed by atoms with Crippen LogP contribution in [-0.2, 0) is 27.7 Å². The topological polar surface area (TPSA) is 103 Å². The average molecular weight is 458 g/mol. The van der Waals surface area contributed by atoms with Crippen molar-refractivity contribution in [1.29, 1.82) is 0 Å². The lowest BCUT2D eigenvalue weighted by Gasteiger charge is -2.25. The summed E-state index contributed by atoms with van der Waals surface area (Å²) in [6.45, 7) is 4.11. The summed E-state index contributed by atoms with van der Waals surface area (Å²) in [6, 6.07) is 11.9. The molecule has 168 valence electrons. The van der Waals surface area contributed by atoms with E-state index in [0.29, 0.717) is 37.3 Å². The lowest BCUT2D eigenvalue weighted by Crippen LogP contribution is -2.36. The molecule has 1 aromatic heterocycles. The van der Waals surface area contributed by atoms with Crippen LogP contribution >= 0.6 is 0 Å². The lowest BCUT2D eigenvalue weighted by molar-refractivity contribution is 0.0263. The quantitative estimate of drug-likeness (QED) is 0.607. The molecule has 3 aromatic rings. The van der Waals surface area contributed by atoms with E-state index in [0.717, 1.165) is 30.2 Å². The molecule has 0 saturated carbocycles. The highest BCUT2D eigenvalue weighted by atomic mass is 32.2. The van der Waals surface area contributed by atoms with Gasteiger partial charge in [-0.05, 0) is 37.1 Å². The van der Waals surface area contributed by atoms with E-state index in [1.807, 2.05) is 25.1 Å². The predicted octanol–water partition coefficient (Wildman–Crippen LogP) is 1.93. The smallest absolute Gasteiger partial charge is 0.238 e. The number of morpholine rings is 1. The van der Waals surface area contributed by atoms with E-state index < -0.39 is 15.8 Å². The highest BCUT2D eigenvalue weighted by molar-refractivity contribution is 7.89. The third-order valence-corrected chi connectivity index (χ3v) is 6.91. The van der Waals surface area contributed by atoms with E-state index in [1.54, 1.807) is 0 Å². The Balaban J connectivity index is 1.51. The van der Waals surface area contributed by atoms with Gasteiger partial charge in [0, 0.05) is 19.0 Å². The van der Waals surface area contributed by atoms with Crippen molar-refractivity contribution in [3.05, 3.63) is 71.1 Å². The van der Waals surface area contributed by atoms with Gasteiger partial charge in [-0.25, -0.2) is 27.6 Å². The number of hydrogen-bond donors (Lipinski definition) is 1. The summed E-state index contributed by atoms with van der Waals surface area (Å²) in [7, 11) is -4.01. The fraction of sp³-hybridized carbons (Fsp3) is 0.364. The predicted molar refractivity (Wildman–Crippen MR) is 115 cm³/mol. The minimum Gasteiger partial charge on any atom is -0.375 e. The average Bonchev–Trinajstić information content (AvgIpc) is 3.44. The molecule has 3 heterocycles. The van der Waals surface area contributed by atoms with Gasteiger partial charge < -0.3 is 4.74 Å². The van der Waals surface area contributed by atoms with Crippen molar-refractivity contribution < 1.29 is 17.5 Å². The summed E-state index contributed by atoms with van der Waals surface area (Å²) in [5.41, 5.74) is 2.27. The first-order valence-electron chi connectivity index (χ1n) is 10.4. The number of benzene rings is 2. The maximum Gasteiger partial charge on any atom is 0.238 e. The first-order chi connectivity index (χ1) is 15.3. The zero-order chi connectivity index (χ0) is 22.5. The minimum atomic E-state index is -4.01. The number of hydrogen-bond acceptors (Lipinski definition) is 6. The van der Waals surface area contributed by atoms with Crippen LogP contribution in [0.4, 0.5) is 4.39 Å². The molecule has 8 nitrogen and oxygen atoms in total. The SMILES string of the molecule is Cc1cccc(Cc2nc(CN3C[C@@H]4C[C@H]3CO4)nn2-c2ccc(S(N)(=O)=O)cc2F)c1. The van der Waals surface area contributed by atoms with Crippen molar-refractivity contribution in [1.82, 2.24) is 19.7 Å². The normalized spacial score (nSPS) is 20.8. The number of primary sulfonamides is 1. The summed E-state index contributed by atoms with van der Waals surface area (Å²) in [5.74, 6) is 0.440. The molecule has 2 bridgehead atoms. The Morgan fingerprint density at radius 1 is 1.25 bits per heavy atom. The zero-order valence-corrected chi connectivity index (χ0v) is 18.4. The standard InChI is InChI=1S/C22H24FN5O3S/c1-14-3-2-4-15(7-14)8-22-25-21(12-27-11-17-9-16(27)13-31-17)26-28(22)20-6-5-18(10-19(20)23)32(24,29)30/h2-7,10,16-17H,8-9,11-13H2,1H3,(H2,24,29,30)/t16-,17-/m0/s1. The third-order valence-electron chi connectivity index (χ3n) is 6.00. The molecule has 10 heteroatoms. The fourth-order valence-electron chi connectivity index (χ4n) is 4.46. The van der Waals surface area contributed by atoms with Crippen LogP contribution < -0.4 is 5.14 Å². The van der Waals surface area contributed by atoms with Gasteiger partial charge in [0.05, 0.1) is 24.2 Å². The number of nitrogens with zero attached hydrogens (tertiary/aromatic N) is 4. The summed E-state index contributed by atoms with van der Waals surface area (Å²) in [4.78, 5) is 6.74. The van der Waals surface area contributed by atoms with E-state index in [9.17, 15) is 12.8 Å². The Bertz CT molecular complexity index is 1280. The second kappa shape index (κ2) is 8.04. The van der Waals surface area contributed by atoms with Crippen molar-refractivity contribution >= 4 is 10.0 Å². The van der Waals surface area contributed by atoms with E-state index in [2.05, 4.69) is 16.1 Å². The van der Waals surface area contributed by atoms with Gasteiger partial charge >= 0.3 is 0 Å². The molecule has 2 fully saturated rings. The van der Waals surface area contributed by atoms with Gasteiger partial charge in [0.1, 0.15) is 17.3 Å². The molecule has 0 aliphatic carbocycles. The molecular weight excluding hydrogens is 433 g/mol. The fourth-order valence-corrected chi connectivity index (χ4v) is 4.99. The molecule has 0 unspecified atom stereocenters. The number of fused-ring (bicyclic) bond motifs is 2. The van der Waals surface area contributed by atoms with Gasteiger partial charge in [-0.15, -0.1) is 5.10 Å². The molecule has 5 rings (SSSR count). The van der Waals surface area contributed by atoms with Crippen molar-refractivity contribution in [2.75, 3.05) is 13.2 Å². The van der Waals surface area contributed by atoms with Gasteiger partial charge in [-0.1, -0.05) is 29.8 Å². The molecule has 0 radical (unpaired) electrons. The van der Waals surface area contributed by atoms with Crippen molar-refractivity contribution in [3.63, 3.8) is 0 Å². The highest BCUT2D eigenvalue weighted by Gasteiger charge is 2.39. The molecular formula is C22H24FN5O3S. The number of rotatable bonds is 6. The second-order valence-corrected chi connectivity index (χ2v) is 10.0. The van der Waals surface area contributed by atoms with E-state index >= 15 is 0 Å². The maximum atomic E-state index is 15.0. The zero-order valence-electron chi connectivity index (χ0n) is 17.6. The van der Waals surface area contributed by atoms with Crippen LogP contribution in [0.2, 0.25) is 0 Å². The number of sulfonamides is 1. The molecule has 2 saturated heterocycles. The Morgan fingerprint density at radius 3 is 2.75 bits per heavy atom. The molecule has 32 heavy (non-hydrogen) atoms. The first kappa shape index (κ1) is 21.2. The number of nitrogens with two attached hydrogens (primary N) is 1. The highest BCUT2D eigenvalue weighted by Crippen LogP contribution is 2.29. The van der Waals surface area contributed by atoms with Crippen LogP contribution in [0.1, 0.15) is 29.2 Å². The van der Waals surface area contributed by atoms with E-state index in [1.165, 1.54) is 16.8 Å². The Labute approximate surface area is 185 Å². The Hall–Kier alpha value is -2.66. The summed E-state index contributed by atoms with van der Waals surface area (Å²) >= 11 is 0. The summed E-state index contributed by atoms with van der Waals surface area (Å²) in [5, 5.41) is 9.74. The molecule has 0 spiro atoms. The molecule has 2 N–H and O–H groups in total. The van der Waals surface area contributed by atoms with Gasteiger partial charge in [0.15, 0.2) is 5.82 Å². The van der Waals surface area contributed by atoms with E-state index in [-0.39, 0.29) is 16.7 Å². The van der Waals surface area contributed by atoms with Crippen molar-refractivity contribution in [3.8, 4) is 5.69 Å². The van der Waals surface area contributed by atoms with E-state index in [4.69, 9.17) is 14.9 Å². The van der Waals surface area contributed by atoms with Crippen LogP contribution in [0.25, 0.3) is 5.69 Å². The minimum absolute atomic E-state index is 0.130. The van der Waals surface area contributed by atoms with Gasteiger partial charge in [0.2, 0.25) is 10.0 Å². The number of likely N-dealkylation sites (tertiary alicyclic amines) is 1.